The zero-order valence-electron chi connectivity index (χ0n) is 2.76. The van der Waals surface area contributed by atoms with E-state index < -0.39 is 0 Å². The van der Waals surface area contributed by atoms with Crippen LogP contribution in [0.4, 0.5) is 0 Å². The van der Waals surface area contributed by atoms with Crippen molar-refractivity contribution in [3.05, 3.63) is 0 Å². The van der Waals surface area contributed by atoms with Crippen LogP contribution in [0.15, 0.2) is 0 Å². The molecule has 0 heterocycles. The van der Waals surface area contributed by atoms with Gasteiger partial charge in [0.1, 0.15) is 0 Å². The van der Waals surface area contributed by atoms with Crippen molar-refractivity contribution in [1.29, 1.82) is 0 Å². The maximum Gasteiger partial charge on any atom is 0.0553 e. The van der Waals surface area contributed by atoms with Crippen LogP contribution in [0, 0.1) is 0 Å². The van der Waals surface area contributed by atoms with Gasteiger partial charge in [-0.15, -0.1) is 0 Å². The van der Waals surface area contributed by atoms with Gasteiger partial charge in [0.25, 0.3) is 0 Å². The van der Waals surface area contributed by atoms with E-state index in [0.29, 0.717) is 6.54 Å². The Kier molecular flexibility index (Phi) is 16.1. The largest absolute Gasteiger partial charge is 0.395 e. The Morgan fingerprint density at radius 1 is 1.60 bits per heavy atom. The second kappa shape index (κ2) is 8.82. The summed E-state index contributed by atoms with van der Waals surface area (Å²) in [6, 6.07) is 0. The third-order valence-electron chi connectivity index (χ3n) is 0.129. The van der Waals surface area contributed by atoms with Crippen molar-refractivity contribution in [3.63, 3.8) is 0 Å². The van der Waals surface area contributed by atoms with Crippen LogP contribution in [0.5, 0.6) is 0 Å². The molecule has 0 radical (unpaired) electrons. The average Bonchev–Trinajstić information content (AvgIpc) is 1.37. The van der Waals surface area contributed by atoms with Crippen LogP contribution in [0.1, 0.15) is 0 Å². The van der Waals surface area contributed by atoms with Gasteiger partial charge in [0.05, 0.1) is 6.61 Å². The molecule has 2 nitrogen and oxygen atoms in total. The molecule has 36 valence electrons. The van der Waals surface area contributed by atoms with Crippen LogP contribution in [-0.2, 0) is 21.1 Å². The van der Waals surface area contributed by atoms with E-state index in [2.05, 4.69) is 0 Å². The molecule has 0 saturated heterocycles. The molecule has 0 amide bonds. The maximum absolute atomic E-state index is 7.75. The van der Waals surface area contributed by atoms with Gasteiger partial charge in [-0.3, -0.25) is 0 Å². The molecule has 3 heteroatoms. The first-order valence-corrected chi connectivity index (χ1v) is 1.22. The number of aliphatic hydroxyl groups is 1. The summed E-state index contributed by atoms with van der Waals surface area (Å²) in [4.78, 5) is 0. The molecule has 0 rings (SSSR count). The quantitative estimate of drug-likeness (QED) is 0.628. The fraction of sp³-hybridized carbons (Fsp3) is 1.00. The second-order valence-corrected chi connectivity index (χ2v) is 0.512. The molecule has 0 atom stereocenters. The molecule has 0 unspecified atom stereocenters. The van der Waals surface area contributed by atoms with Gasteiger partial charge >= 0.3 is 0 Å². The molecule has 5 heavy (non-hydrogen) atoms. The van der Waals surface area contributed by atoms with Crippen LogP contribution >= 0.6 is 0 Å². The predicted octanol–water partition coefficient (Wildman–Crippen LogP) is -1.07. The zero-order valence-corrected chi connectivity index (χ0v) is 5.03. The molecule has 0 aromatic carbocycles. The number of hydrogen-bond acceptors (Lipinski definition) is 2. The first kappa shape index (κ1) is 9.15. The second-order valence-electron chi connectivity index (χ2n) is 0.512. The van der Waals surface area contributed by atoms with Crippen LogP contribution in [0.2, 0.25) is 0 Å². The van der Waals surface area contributed by atoms with E-state index in [1.807, 2.05) is 0 Å². The topological polar surface area (TPSA) is 46.2 Å². The smallest absolute Gasteiger partial charge is 0.0553 e. The third-order valence-corrected chi connectivity index (χ3v) is 0.129. The third kappa shape index (κ3) is 12.1. The number of hydrogen-bond donors (Lipinski definition) is 2. The fourth-order valence-electron chi connectivity index (χ4n) is 0. The zero-order chi connectivity index (χ0) is 3.41. The Morgan fingerprint density at radius 3 is 1.80 bits per heavy atom. The van der Waals surface area contributed by atoms with Gasteiger partial charge in [0, 0.05) is 27.6 Å². The summed E-state index contributed by atoms with van der Waals surface area (Å²) in [5, 5.41) is 7.75. The van der Waals surface area contributed by atoms with Crippen LogP contribution < -0.4 is 5.73 Å². The molecule has 0 aromatic heterocycles. The molecular weight excluding hydrogens is 249 g/mol. The van der Waals surface area contributed by atoms with Crippen molar-refractivity contribution in [2.24, 2.45) is 5.73 Å². The van der Waals surface area contributed by atoms with E-state index in [1.54, 1.807) is 0 Å². The summed E-state index contributed by atoms with van der Waals surface area (Å²) >= 11 is 0. The summed E-state index contributed by atoms with van der Waals surface area (Å²) in [6.07, 6.45) is 0. The number of aliphatic hydroxyl groups excluding tert-OH is 1. The molecule has 0 saturated carbocycles. The Balaban J connectivity index is 0. The molecule has 0 aliphatic rings. The van der Waals surface area contributed by atoms with E-state index >= 15 is 0 Å². The van der Waals surface area contributed by atoms with E-state index in [4.69, 9.17) is 10.8 Å². The summed E-state index contributed by atoms with van der Waals surface area (Å²) < 4.78 is 0. The number of nitrogens with two attached hydrogens (primary N) is 1. The Morgan fingerprint density at radius 2 is 1.80 bits per heavy atom. The SMILES string of the molecule is NCCO.[Pt]. The molecule has 0 spiro atoms. The fourth-order valence-corrected chi connectivity index (χ4v) is 0. The van der Waals surface area contributed by atoms with Gasteiger partial charge in [0.2, 0.25) is 0 Å². The normalized spacial score (nSPS) is 6.00. The van der Waals surface area contributed by atoms with Gasteiger partial charge in [-0.1, -0.05) is 0 Å². The standard InChI is InChI=1S/C2H7NO.Pt/c3-1-2-4;/h4H,1-3H2;. The molecule has 0 aliphatic heterocycles. The van der Waals surface area contributed by atoms with Crippen molar-refractivity contribution in [2.75, 3.05) is 13.2 Å². The van der Waals surface area contributed by atoms with Crippen molar-refractivity contribution in [3.8, 4) is 0 Å². The van der Waals surface area contributed by atoms with Crippen LogP contribution in [0.25, 0.3) is 0 Å². The van der Waals surface area contributed by atoms with Crippen molar-refractivity contribution in [1.82, 2.24) is 0 Å². The minimum absolute atomic E-state index is 0. The van der Waals surface area contributed by atoms with E-state index in [-0.39, 0.29) is 27.7 Å². The van der Waals surface area contributed by atoms with Gasteiger partial charge in [-0.05, 0) is 0 Å². The molecular formula is C2H7NOPt. The van der Waals surface area contributed by atoms with E-state index in [0.717, 1.165) is 0 Å². The Bertz CT molecular complexity index is 11.6. The van der Waals surface area contributed by atoms with Gasteiger partial charge in [0.15, 0.2) is 0 Å². The van der Waals surface area contributed by atoms with Gasteiger partial charge < -0.3 is 10.8 Å². The average molecular weight is 256 g/mol. The van der Waals surface area contributed by atoms with E-state index in [9.17, 15) is 0 Å². The summed E-state index contributed by atoms with van der Waals surface area (Å²) in [6.45, 7) is 0.472. The molecule has 0 aliphatic carbocycles. The molecule has 3 N–H and O–H groups in total. The first-order chi connectivity index (χ1) is 1.91. The van der Waals surface area contributed by atoms with Gasteiger partial charge in [-0.25, -0.2) is 0 Å². The summed E-state index contributed by atoms with van der Waals surface area (Å²) in [5.41, 5.74) is 4.78. The minimum atomic E-state index is 0. The summed E-state index contributed by atoms with van der Waals surface area (Å²) in [7, 11) is 0. The monoisotopic (exact) mass is 256 g/mol. The summed E-state index contributed by atoms with van der Waals surface area (Å²) in [5.74, 6) is 0. The molecule has 0 aromatic rings. The molecule has 0 fully saturated rings. The Hall–Kier alpha value is 0.608. The predicted molar refractivity (Wildman–Crippen MR) is 16.1 cm³/mol. The van der Waals surface area contributed by atoms with Gasteiger partial charge in [-0.2, -0.15) is 0 Å². The van der Waals surface area contributed by atoms with Crippen molar-refractivity contribution in [2.45, 2.75) is 0 Å². The number of rotatable bonds is 1. The van der Waals surface area contributed by atoms with Crippen molar-refractivity contribution < 1.29 is 26.2 Å². The van der Waals surface area contributed by atoms with Crippen LogP contribution in [0.3, 0.4) is 0 Å². The van der Waals surface area contributed by atoms with Crippen molar-refractivity contribution >= 4 is 0 Å². The first-order valence-electron chi connectivity index (χ1n) is 1.22. The maximum atomic E-state index is 7.75. The van der Waals surface area contributed by atoms with Crippen LogP contribution in [-0.4, -0.2) is 18.3 Å². The Labute approximate surface area is 45.6 Å². The minimum Gasteiger partial charge on any atom is -0.395 e. The van der Waals surface area contributed by atoms with E-state index in [1.165, 1.54) is 0 Å². The molecule has 0 bridgehead atoms.